The molecule has 14 heavy (non-hydrogen) atoms. The van der Waals surface area contributed by atoms with Crippen LogP contribution in [0.5, 0.6) is 0 Å². The zero-order valence-corrected chi connectivity index (χ0v) is 8.74. The van der Waals surface area contributed by atoms with Crippen LogP contribution in [-0.4, -0.2) is 29.5 Å². The van der Waals surface area contributed by atoms with Gasteiger partial charge in [-0.1, -0.05) is 0 Å². The van der Waals surface area contributed by atoms with Crippen LogP contribution in [0.1, 0.15) is 25.1 Å². The first-order valence-corrected chi connectivity index (χ1v) is 5.38. The first kappa shape index (κ1) is 9.74. The van der Waals surface area contributed by atoms with E-state index < -0.39 is 0 Å². The van der Waals surface area contributed by atoms with Crippen LogP contribution in [-0.2, 0) is 0 Å². The Balaban J connectivity index is 1.97. The van der Waals surface area contributed by atoms with E-state index in [-0.39, 0.29) is 0 Å². The van der Waals surface area contributed by atoms with Gasteiger partial charge in [-0.25, -0.2) is 0 Å². The summed E-state index contributed by atoms with van der Waals surface area (Å²) in [5.41, 5.74) is 6.99. The quantitative estimate of drug-likeness (QED) is 0.761. The molecule has 0 radical (unpaired) electrons. The molecule has 2 atom stereocenters. The molecular weight excluding hydrogens is 174 g/mol. The third-order valence-electron chi connectivity index (χ3n) is 3.27. The fourth-order valence-electron chi connectivity index (χ4n) is 2.21. The van der Waals surface area contributed by atoms with Gasteiger partial charge in [-0.05, 0) is 44.5 Å². The largest absolute Gasteiger partial charge is 0.364 e. The number of H-pyrrole nitrogens is 1. The molecule has 3 nitrogen and oxygen atoms in total. The summed E-state index contributed by atoms with van der Waals surface area (Å²) < 4.78 is 0. The summed E-state index contributed by atoms with van der Waals surface area (Å²) in [6.45, 7) is 5.41. The summed E-state index contributed by atoms with van der Waals surface area (Å²) in [7, 11) is 0. The first-order valence-electron chi connectivity index (χ1n) is 5.38. The van der Waals surface area contributed by atoms with Gasteiger partial charge in [0.2, 0.25) is 0 Å². The van der Waals surface area contributed by atoms with Crippen LogP contribution < -0.4 is 5.73 Å². The Hall–Kier alpha value is -0.800. The monoisotopic (exact) mass is 193 g/mol. The van der Waals surface area contributed by atoms with E-state index in [2.05, 4.69) is 28.9 Å². The SMILES string of the molecule is C[C@H](c1ccc[nH]1)N1CC[C@H](CN)C1. The molecule has 3 N–H and O–H groups in total. The summed E-state index contributed by atoms with van der Waals surface area (Å²) in [4.78, 5) is 5.78. The highest BCUT2D eigenvalue weighted by Crippen LogP contribution is 2.25. The lowest BCUT2D eigenvalue weighted by Gasteiger charge is -2.23. The molecule has 0 bridgehead atoms. The second kappa shape index (κ2) is 4.15. The van der Waals surface area contributed by atoms with Gasteiger partial charge in [0.15, 0.2) is 0 Å². The average molecular weight is 193 g/mol. The lowest BCUT2D eigenvalue weighted by atomic mass is 10.1. The van der Waals surface area contributed by atoms with Gasteiger partial charge in [-0.15, -0.1) is 0 Å². The van der Waals surface area contributed by atoms with Crippen molar-refractivity contribution in [2.45, 2.75) is 19.4 Å². The number of nitrogens with zero attached hydrogens (tertiary/aromatic N) is 1. The fourth-order valence-corrected chi connectivity index (χ4v) is 2.21. The Labute approximate surface area is 85.3 Å². The second-order valence-corrected chi connectivity index (χ2v) is 4.19. The normalized spacial score (nSPS) is 25.4. The van der Waals surface area contributed by atoms with Gasteiger partial charge in [0, 0.05) is 24.5 Å². The summed E-state index contributed by atoms with van der Waals surface area (Å²) in [5.74, 6) is 0.701. The van der Waals surface area contributed by atoms with Crippen LogP contribution in [0.15, 0.2) is 18.3 Å². The number of aromatic amines is 1. The van der Waals surface area contributed by atoms with Crippen LogP contribution in [0, 0.1) is 5.92 Å². The Bertz CT molecular complexity index is 268. The lowest BCUT2D eigenvalue weighted by molar-refractivity contribution is 0.250. The van der Waals surface area contributed by atoms with Crippen molar-refractivity contribution >= 4 is 0 Å². The van der Waals surface area contributed by atoms with Crippen molar-refractivity contribution in [2.24, 2.45) is 11.7 Å². The van der Waals surface area contributed by atoms with Crippen molar-refractivity contribution in [2.75, 3.05) is 19.6 Å². The number of hydrogen-bond donors (Lipinski definition) is 2. The van der Waals surface area contributed by atoms with E-state index in [0.29, 0.717) is 12.0 Å². The molecule has 0 amide bonds. The zero-order chi connectivity index (χ0) is 9.97. The van der Waals surface area contributed by atoms with Crippen LogP contribution in [0.3, 0.4) is 0 Å². The Morgan fingerprint density at radius 2 is 2.57 bits per heavy atom. The molecule has 2 heterocycles. The highest BCUT2D eigenvalue weighted by atomic mass is 15.2. The van der Waals surface area contributed by atoms with Crippen molar-refractivity contribution in [3.63, 3.8) is 0 Å². The fraction of sp³-hybridized carbons (Fsp3) is 0.636. The number of rotatable bonds is 3. The smallest absolute Gasteiger partial charge is 0.0470 e. The van der Waals surface area contributed by atoms with Gasteiger partial charge in [0.25, 0.3) is 0 Å². The number of hydrogen-bond acceptors (Lipinski definition) is 2. The highest BCUT2D eigenvalue weighted by Gasteiger charge is 2.25. The van der Waals surface area contributed by atoms with Crippen molar-refractivity contribution in [1.29, 1.82) is 0 Å². The molecule has 0 aromatic carbocycles. The summed E-state index contributed by atoms with van der Waals surface area (Å²) in [5, 5.41) is 0. The lowest BCUT2D eigenvalue weighted by Crippen LogP contribution is -2.26. The number of nitrogens with two attached hydrogens (primary N) is 1. The van der Waals surface area contributed by atoms with E-state index in [1.54, 1.807) is 0 Å². The predicted octanol–water partition coefficient (Wildman–Crippen LogP) is 1.36. The van der Waals surface area contributed by atoms with Crippen LogP contribution in [0.4, 0.5) is 0 Å². The summed E-state index contributed by atoms with van der Waals surface area (Å²) in [6, 6.07) is 4.71. The van der Waals surface area contributed by atoms with Gasteiger partial charge in [0.1, 0.15) is 0 Å². The Kier molecular flexibility index (Phi) is 2.89. The van der Waals surface area contributed by atoms with E-state index in [1.807, 2.05) is 6.20 Å². The number of likely N-dealkylation sites (tertiary alicyclic amines) is 1. The van der Waals surface area contributed by atoms with Gasteiger partial charge in [0.05, 0.1) is 0 Å². The minimum Gasteiger partial charge on any atom is -0.364 e. The maximum absolute atomic E-state index is 5.68. The van der Waals surface area contributed by atoms with Gasteiger partial charge in [-0.2, -0.15) is 0 Å². The molecular formula is C11H19N3. The topological polar surface area (TPSA) is 45.0 Å². The molecule has 0 unspecified atom stereocenters. The average Bonchev–Trinajstić information content (AvgIpc) is 2.88. The molecule has 1 aliphatic rings. The molecule has 1 saturated heterocycles. The molecule has 0 aliphatic carbocycles. The molecule has 1 aliphatic heterocycles. The van der Waals surface area contributed by atoms with Crippen LogP contribution in [0.2, 0.25) is 0 Å². The third-order valence-corrected chi connectivity index (χ3v) is 3.27. The van der Waals surface area contributed by atoms with Crippen molar-refractivity contribution in [1.82, 2.24) is 9.88 Å². The minimum absolute atomic E-state index is 0.501. The van der Waals surface area contributed by atoms with Gasteiger partial charge in [-0.3, -0.25) is 4.90 Å². The summed E-state index contributed by atoms with van der Waals surface area (Å²) in [6.07, 6.45) is 3.24. The van der Waals surface area contributed by atoms with Crippen molar-refractivity contribution in [3.05, 3.63) is 24.0 Å². The molecule has 3 heteroatoms. The van der Waals surface area contributed by atoms with Crippen molar-refractivity contribution in [3.8, 4) is 0 Å². The van der Waals surface area contributed by atoms with E-state index in [9.17, 15) is 0 Å². The zero-order valence-electron chi connectivity index (χ0n) is 8.74. The maximum atomic E-state index is 5.68. The molecule has 1 aromatic heterocycles. The molecule has 0 saturated carbocycles. The standard InChI is InChI=1S/C11H19N3/c1-9(11-3-2-5-13-11)14-6-4-10(7-12)8-14/h2-3,5,9-10,13H,4,6-8,12H2,1H3/t9-,10-/m1/s1. The highest BCUT2D eigenvalue weighted by molar-refractivity contribution is 5.08. The van der Waals surface area contributed by atoms with Crippen LogP contribution in [0.25, 0.3) is 0 Å². The summed E-state index contributed by atoms with van der Waals surface area (Å²) >= 11 is 0. The van der Waals surface area contributed by atoms with E-state index >= 15 is 0 Å². The molecule has 1 fully saturated rings. The number of aromatic nitrogens is 1. The van der Waals surface area contributed by atoms with Gasteiger partial charge < -0.3 is 10.7 Å². The molecule has 0 spiro atoms. The molecule has 78 valence electrons. The predicted molar refractivity (Wildman–Crippen MR) is 57.9 cm³/mol. The third kappa shape index (κ3) is 1.83. The molecule has 1 aromatic rings. The van der Waals surface area contributed by atoms with E-state index in [4.69, 9.17) is 5.73 Å². The molecule has 2 rings (SSSR count). The second-order valence-electron chi connectivity index (χ2n) is 4.19. The van der Waals surface area contributed by atoms with Crippen molar-refractivity contribution < 1.29 is 0 Å². The number of nitrogens with one attached hydrogen (secondary N) is 1. The Morgan fingerprint density at radius 1 is 1.71 bits per heavy atom. The minimum atomic E-state index is 0.501. The maximum Gasteiger partial charge on any atom is 0.0470 e. The Morgan fingerprint density at radius 3 is 3.14 bits per heavy atom. The van der Waals surface area contributed by atoms with E-state index in [0.717, 1.165) is 13.1 Å². The van der Waals surface area contributed by atoms with Gasteiger partial charge >= 0.3 is 0 Å². The van der Waals surface area contributed by atoms with Crippen LogP contribution >= 0.6 is 0 Å². The van der Waals surface area contributed by atoms with E-state index in [1.165, 1.54) is 18.7 Å². The first-order chi connectivity index (χ1) is 6.81.